The molecule has 2 aliphatic rings. The van der Waals surface area contributed by atoms with E-state index in [0.29, 0.717) is 18.7 Å². The lowest BCUT2D eigenvalue weighted by molar-refractivity contribution is -0.0236. The smallest absolute Gasteiger partial charge is 0.272 e. The van der Waals surface area contributed by atoms with Gasteiger partial charge in [-0.2, -0.15) is 5.10 Å². The van der Waals surface area contributed by atoms with Crippen LogP contribution in [0.4, 0.5) is 0 Å². The Bertz CT molecular complexity index is 1080. The Morgan fingerprint density at radius 3 is 2.64 bits per heavy atom. The average Bonchev–Trinajstić information content (AvgIpc) is 3.23. The summed E-state index contributed by atoms with van der Waals surface area (Å²) < 4.78 is 5.52. The summed E-state index contributed by atoms with van der Waals surface area (Å²) in [7, 11) is 0. The summed E-state index contributed by atoms with van der Waals surface area (Å²) in [4.78, 5) is 15.5. The number of aromatic amines is 1. The molecule has 0 bridgehead atoms. The lowest BCUT2D eigenvalue weighted by Crippen LogP contribution is -2.48. The van der Waals surface area contributed by atoms with Crippen LogP contribution in [0.3, 0.4) is 0 Å². The Balaban J connectivity index is 1.37. The number of benzene rings is 2. The third-order valence-electron chi connectivity index (χ3n) is 7.46. The monoisotopic (exact) mass is 448 g/mol. The summed E-state index contributed by atoms with van der Waals surface area (Å²) in [5.41, 5.74) is 2.26. The zero-order valence-corrected chi connectivity index (χ0v) is 18.9. The van der Waals surface area contributed by atoms with Gasteiger partial charge in [0.25, 0.3) is 5.91 Å². The quantitative estimate of drug-likeness (QED) is 0.522. The number of carbonyl (C=O) groups excluding carboxylic acids is 1. The van der Waals surface area contributed by atoms with Crippen molar-refractivity contribution < 1.29 is 14.6 Å². The third kappa shape index (κ3) is 4.53. The number of morpholine rings is 1. The fourth-order valence-electron chi connectivity index (χ4n) is 5.52. The van der Waals surface area contributed by atoms with Gasteiger partial charge < -0.3 is 15.2 Å². The average molecular weight is 449 g/mol. The van der Waals surface area contributed by atoms with Gasteiger partial charge in [-0.3, -0.25) is 14.8 Å². The predicted molar refractivity (Wildman–Crippen MR) is 127 cm³/mol. The molecule has 174 valence electrons. The van der Waals surface area contributed by atoms with Crippen molar-refractivity contribution in [3.8, 4) is 0 Å². The molecule has 5 rings (SSSR count). The molecule has 2 fully saturated rings. The van der Waals surface area contributed by atoms with Crippen LogP contribution in [-0.2, 0) is 10.2 Å². The zero-order chi connectivity index (χ0) is 22.7. The van der Waals surface area contributed by atoms with Crippen LogP contribution in [0.25, 0.3) is 10.9 Å². The maximum atomic E-state index is 13.1. The zero-order valence-electron chi connectivity index (χ0n) is 18.9. The van der Waals surface area contributed by atoms with Gasteiger partial charge in [0.05, 0.1) is 24.8 Å². The van der Waals surface area contributed by atoms with Gasteiger partial charge in [-0.25, -0.2) is 0 Å². The molecule has 1 aliphatic carbocycles. The number of para-hydroxylation sites is 1. The second kappa shape index (κ2) is 9.63. The Morgan fingerprint density at radius 2 is 1.82 bits per heavy atom. The summed E-state index contributed by atoms with van der Waals surface area (Å²) in [6, 6.07) is 18.2. The van der Waals surface area contributed by atoms with Crippen molar-refractivity contribution in [1.29, 1.82) is 0 Å². The summed E-state index contributed by atoms with van der Waals surface area (Å²) in [6.45, 7) is 3.69. The van der Waals surface area contributed by atoms with Gasteiger partial charge in [0.2, 0.25) is 0 Å². The first-order chi connectivity index (χ1) is 16.2. The van der Waals surface area contributed by atoms with Gasteiger partial charge in [-0.05, 0) is 37.3 Å². The SMILES string of the molecule is O=C(NC[C@]1(c2ccccc2)CC[C@H](O)[C@@H](N2CCOCC2)CC1)c1n[nH]c2ccccc12. The van der Waals surface area contributed by atoms with Crippen LogP contribution in [-0.4, -0.2) is 71.1 Å². The van der Waals surface area contributed by atoms with Crippen molar-refractivity contribution in [2.45, 2.75) is 43.2 Å². The molecule has 7 heteroatoms. The fraction of sp³-hybridized carbons (Fsp3) is 0.462. The van der Waals surface area contributed by atoms with E-state index >= 15 is 0 Å². The van der Waals surface area contributed by atoms with Crippen LogP contribution in [0.2, 0.25) is 0 Å². The van der Waals surface area contributed by atoms with E-state index in [1.165, 1.54) is 5.56 Å². The molecule has 3 aromatic rings. The highest BCUT2D eigenvalue weighted by Crippen LogP contribution is 2.39. The van der Waals surface area contributed by atoms with Crippen molar-refractivity contribution in [2.24, 2.45) is 0 Å². The molecule has 7 nitrogen and oxygen atoms in total. The number of rotatable bonds is 5. The lowest BCUT2D eigenvalue weighted by Gasteiger charge is -2.37. The number of nitrogens with one attached hydrogen (secondary N) is 2. The van der Waals surface area contributed by atoms with E-state index < -0.39 is 0 Å². The highest BCUT2D eigenvalue weighted by Gasteiger charge is 2.40. The standard InChI is InChI=1S/C26H32N4O3/c31-23-11-13-26(19-6-2-1-3-7-19,12-10-22(23)30-14-16-33-17-15-30)18-27-25(32)24-20-8-4-5-9-21(20)28-29-24/h1-9,22-23,31H,10-18H2,(H,27,32)(H,28,29)/t22-,23-,26+/m0/s1. The molecule has 0 radical (unpaired) electrons. The summed E-state index contributed by atoms with van der Waals surface area (Å²) in [5.74, 6) is -0.169. The summed E-state index contributed by atoms with van der Waals surface area (Å²) in [5, 5.41) is 22.3. The number of H-pyrrole nitrogens is 1. The highest BCUT2D eigenvalue weighted by atomic mass is 16.5. The molecule has 3 atom stereocenters. The molecule has 33 heavy (non-hydrogen) atoms. The van der Waals surface area contributed by atoms with Crippen molar-refractivity contribution >= 4 is 16.8 Å². The first kappa shape index (κ1) is 22.1. The largest absolute Gasteiger partial charge is 0.391 e. The van der Waals surface area contributed by atoms with Gasteiger partial charge in [0.1, 0.15) is 0 Å². The lowest BCUT2D eigenvalue weighted by atomic mass is 9.74. The van der Waals surface area contributed by atoms with Crippen LogP contribution < -0.4 is 5.32 Å². The number of fused-ring (bicyclic) bond motifs is 1. The minimum atomic E-state index is -0.375. The van der Waals surface area contributed by atoms with Gasteiger partial charge in [-0.1, -0.05) is 48.5 Å². The van der Waals surface area contributed by atoms with Crippen LogP contribution in [0.15, 0.2) is 54.6 Å². The Kier molecular flexibility index (Phi) is 6.44. The number of aliphatic hydroxyl groups excluding tert-OH is 1. The number of nitrogens with zero attached hydrogens (tertiary/aromatic N) is 2. The number of ether oxygens (including phenoxy) is 1. The van der Waals surface area contributed by atoms with Gasteiger partial charge in [0, 0.05) is 36.5 Å². The fourth-order valence-corrected chi connectivity index (χ4v) is 5.52. The maximum absolute atomic E-state index is 13.1. The highest BCUT2D eigenvalue weighted by molar-refractivity contribution is 6.04. The maximum Gasteiger partial charge on any atom is 0.272 e. The van der Waals surface area contributed by atoms with Crippen LogP contribution in [0.5, 0.6) is 0 Å². The van der Waals surface area contributed by atoms with E-state index in [-0.39, 0.29) is 23.5 Å². The van der Waals surface area contributed by atoms with E-state index in [9.17, 15) is 9.90 Å². The van der Waals surface area contributed by atoms with E-state index in [1.54, 1.807) is 0 Å². The van der Waals surface area contributed by atoms with E-state index in [0.717, 1.165) is 56.5 Å². The van der Waals surface area contributed by atoms with Crippen molar-refractivity contribution in [3.63, 3.8) is 0 Å². The van der Waals surface area contributed by atoms with Crippen molar-refractivity contribution in [2.75, 3.05) is 32.8 Å². The van der Waals surface area contributed by atoms with E-state index in [4.69, 9.17) is 4.74 Å². The molecule has 0 unspecified atom stereocenters. The summed E-state index contributed by atoms with van der Waals surface area (Å²) >= 11 is 0. The molecule has 1 aromatic heterocycles. The Labute approximate surface area is 194 Å². The molecule has 1 saturated heterocycles. The molecule has 2 aromatic carbocycles. The topological polar surface area (TPSA) is 90.5 Å². The number of amides is 1. The van der Waals surface area contributed by atoms with Crippen molar-refractivity contribution in [3.05, 3.63) is 65.9 Å². The molecule has 1 aliphatic heterocycles. The second-order valence-corrected chi connectivity index (χ2v) is 9.31. The first-order valence-corrected chi connectivity index (χ1v) is 11.9. The van der Waals surface area contributed by atoms with Gasteiger partial charge in [-0.15, -0.1) is 0 Å². The minimum Gasteiger partial charge on any atom is -0.391 e. The number of carbonyl (C=O) groups is 1. The van der Waals surface area contributed by atoms with Crippen LogP contribution >= 0.6 is 0 Å². The number of aromatic nitrogens is 2. The van der Waals surface area contributed by atoms with Crippen LogP contribution in [0, 0.1) is 0 Å². The molecular weight excluding hydrogens is 416 g/mol. The molecule has 1 saturated carbocycles. The van der Waals surface area contributed by atoms with Gasteiger partial charge >= 0.3 is 0 Å². The Morgan fingerprint density at radius 1 is 1.09 bits per heavy atom. The molecule has 2 heterocycles. The van der Waals surface area contributed by atoms with Crippen LogP contribution in [0.1, 0.15) is 41.7 Å². The normalized spacial score (nSPS) is 26.7. The molecule has 0 spiro atoms. The third-order valence-corrected chi connectivity index (χ3v) is 7.46. The van der Waals surface area contributed by atoms with Gasteiger partial charge in [0.15, 0.2) is 5.69 Å². The second-order valence-electron chi connectivity index (χ2n) is 9.31. The van der Waals surface area contributed by atoms with E-state index in [1.807, 2.05) is 30.3 Å². The number of hydrogen-bond acceptors (Lipinski definition) is 5. The molecule has 1 amide bonds. The van der Waals surface area contributed by atoms with E-state index in [2.05, 4.69) is 44.7 Å². The Hall–Kier alpha value is -2.74. The molecule has 3 N–H and O–H groups in total. The molecular formula is C26H32N4O3. The summed E-state index contributed by atoms with van der Waals surface area (Å²) in [6.07, 6.45) is 2.94. The predicted octanol–water partition coefficient (Wildman–Crippen LogP) is 2.87. The minimum absolute atomic E-state index is 0.130. The number of aliphatic hydroxyl groups is 1. The van der Waals surface area contributed by atoms with Crippen molar-refractivity contribution in [1.82, 2.24) is 20.4 Å². The number of hydrogen-bond donors (Lipinski definition) is 3. The first-order valence-electron chi connectivity index (χ1n) is 11.9.